The molecule has 0 N–H and O–H groups in total. The first-order valence-electron chi connectivity index (χ1n) is 12.0. The summed E-state index contributed by atoms with van der Waals surface area (Å²) in [4.78, 5) is 2.10. The first kappa shape index (κ1) is 29.6. The van der Waals surface area contributed by atoms with Crippen LogP contribution in [0.1, 0.15) is 11.1 Å². The van der Waals surface area contributed by atoms with Crippen molar-refractivity contribution in [3.63, 3.8) is 0 Å². The molecule has 0 amide bonds. The number of ether oxygens (including phenoxy) is 1. The molecule has 0 bridgehead atoms. The third-order valence-electron chi connectivity index (χ3n) is 5.64. The van der Waals surface area contributed by atoms with Gasteiger partial charge >= 0.3 is 0 Å². The second-order valence-corrected chi connectivity index (χ2v) is 9.79. The third-order valence-corrected chi connectivity index (χ3v) is 5.64. The summed E-state index contributed by atoms with van der Waals surface area (Å²) in [5.41, 5.74) is 6.90. The average molecular weight is 547 g/mol. The Labute approximate surface area is 231 Å². The van der Waals surface area contributed by atoms with Crippen LogP contribution in [0.25, 0.3) is 11.6 Å². The Kier molecular flexibility index (Phi) is 10.4. The van der Waals surface area contributed by atoms with E-state index in [0.29, 0.717) is 0 Å². The van der Waals surface area contributed by atoms with Crippen molar-refractivity contribution in [2.45, 2.75) is 0 Å². The zero-order valence-electron chi connectivity index (χ0n) is 22.3. The van der Waals surface area contributed by atoms with Crippen LogP contribution in [0, 0.1) is 10.2 Å². The van der Waals surface area contributed by atoms with Gasteiger partial charge in [-0.3, -0.25) is 0 Å². The summed E-state index contributed by atoms with van der Waals surface area (Å²) in [5.74, 6) is 1.61. The Hall–Kier alpha value is -3.98. The zero-order chi connectivity index (χ0) is 28.4. The number of hydrogen-bond donors (Lipinski definition) is 0. The number of anilines is 1. The van der Waals surface area contributed by atoms with Crippen LogP contribution in [0.5, 0.6) is 0 Å². The van der Waals surface area contributed by atoms with Gasteiger partial charge in [-0.25, -0.2) is 23.2 Å². The van der Waals surface area contributed by atoms with E-state index in [2.05, 4.69) is 107 Å². The molecule has 0 atom stereocenters. The largest absolute Gasteiger partial charge is 0.457 e. The number of hydrogen-bond acceptors (Lipinski definition) is 6. The third kappa shape index (κ3) is 10.4. The van der Waals surface area contributed by atoms with Crippen molar-refractivity contribution in [3.05, 3.63) is 137 Å². The predicted octanol–water partition coefficient (Wildman–Crippen LogP) is 1.66. The van der Waals surface area contributed by atoms with Gasteiger partial charge in [0.05, 0.1) is 0 Å². The lowest BCUT2D eigenvalue weighted by atomic mass is 10.0. The molecular weight excluding hydrogens is 516 g/mol. The quantitative estimate of drug-likeness (QED) is 0.528. The van der Waals surface area contributed by atoms with Gasteiger partial charge in [0.1, 0.15) is 25.6 Å². The minimum atomic E-state index is -4.94. The maximum atomic E-state index is 8.49. The van der Waals surface area contributed by atoms with Gasteiger partial charge in [-0.2, -0.15) is 0 Å². The Bertz CT molecular complexity index is 1360. The summed E-state index contributed by atoms with van der Waals surface area (Å²) in [6.45, 7) is 0. The molecular formula is C31H31ClN2O5. The molecule has 0 aromatic heterocycles. The van der Waals surface area contributed by atoms with Crippen LogP contribution in [0.15, 0.2) is 126 Å². The van der Waals surface area contributed by atoms with Crippen molar-refractivity contribution in [2.24, 2.45) is 0 Å². The molecule has 8 heteroatoms. The van der Waals surface area contributed by atoms with E-state index in [1.165, 1.54) is 11.4 Å². The molecule has 0 fully saturated rings. The van der Waals surface area contributed by atoms with Crippen LogP contribution < -0.4 is 23.5 Å². The molecule has 0 saturated heterocycles. The van der Waals surface area contributed by atoms with Crippen molar-refractivity contribution in [2.75, 3.05) is 33.1 Å². The van der Waals surface area contributed by atoms with Crippen molar-refractivity contribution < 1.29 is 38.2 Å². The van der Waals surface area contributed by atoms with E-state index in [9.17, 15) is 0 Å². The number of rotatable bonds is 5. The molecule has 7 nitrogen and oxygen atoms in total. The number of benzene rings is 2. The fourth-order valence-corrected chi connectivity index (χ4v) is 3.63. The molecule has 0 unspecified atom stereocenters. The van der Waals surface area contributed by atoms with E-state index in [-0.39, 0.29) is 0 Å². The van der Waals surface area contributed by atoms with E-state index in [4.69, 9.17) is 23.4 Å². The van der Waals surface area contributed by atoms with Crippen LogP contribution in [0.4, 0.5) is 5.69 Å². The Morgan fingerprint density at radius 1 is 0.769 bits per heavy atom. The van der Waals surface area contributed by atoms with Gasteiger partial charge in [0, 0.05) is 31.9 Å². The highest BCUT2D eigenvalue weighted by Crippen LogP contribution is 2.28. The number of nitrogens with zero attached hydrogens (tertiary/aromatic N) is 2. The maximum absolute atomic E-state index is 8.49. The van der Waals surface area contributed by atoms with Gasteiger partial charge in [-0.1, -0.05) is 54.6 Å². The highest BCUT2D eigenvalue weighted by molar-refractivity contribution is 6.02. The molecule has 1 heterocycles. The molecule has 4 rings (SSSR count). The first-order valence-corrected chi connectivity index (χ1v) is 13.3. The molecule has 1 aliphatic carbocycles. The lowest BCUT2D eigenvalue weighted by molar-refractivity contribution is -2.00. The molecule has 202 valence electrons. The molecule has 0 radical (unpaired) electrons. The molecule has 1 aliphatic heterocycles. The Morgan fingerprint density at radius 2 is 1.38 bits per heavy atom. The summed E-state index contributed by atoms with van der Waals surface area (Å²) in [6.07, 6.45) is 20.9. The Morgan fingerprint density at radius 3 is 1.95 bits per heavy atom. The summed E-state index contributed by atoms with van der Waals surface area (Å²) < 4.78 is 42.3. The van der Waals surface area contributed by atoms with E-state index in [0.717, 1.165) is 33.8 Å². The molecule has 0 spiro atoms. The second-order valence-electron chi connectivity index (χ2n) is 9.03. The normalized spacial score (nSPS) is 15.8. The van der Waals surface area contributed by atoms with Gasteiger partial charge in [0.15, 0.2) is 5.71 Å². The minimum Gasteiger partial charge on any atom is -0.457 e. The lowest BCUT2D eigenvalue weighted by Gasteiger charge is -2.17. The predicted molar refractivity (Wildman–Crippen MR) is 145 cm³/mol. The van der Waals surface area contributed by atoms with E-state index < -0.39 is 10.2 Å². The minimum absolute atomic E-state index is 0.806. The highest BCUT2D eigenvalue weighted by Gasteiger charge is 2.11. The van der Waals surface area contributed by atoms with Crippen LogP contribution in [0.3, 0.4) is 0 Å². The molecule has 0 saturated carbocycles. The monoisotopic (exact) mass is 546 g/mol. The van der Waals surface area contributed by atoms with Crippen LogP contribution in [-0.2, 0) is 4.74 Å². The summed E-state index contributed by atoms with van der Waals surface area (Å²) >= 11 is 0. The van der Waals surface area contributed by atoms with Crippen molar-refractivity contribution in [1.29, 1.82) is 0 Å². The molecule has 2 aromatic carbocycles. The average Bonchev–Trinajstić information content (AvgIpc) is 2.90. The van der Waals surface area contributed by atoms with E-state index in [1.807, 2.05) is 46.4 Å². The van der Waals surface area contributed by atoms with Crippen LogP contribution in [-0.4, -0.2) is 38.5 Å². The van der Waals surface area contributed by atoms with Crippen molar-refractivity contribution in [3.8, 4) is 0 Å². The van der Waals surface area contributed by atoms with Gasteiger partial charge in [-0.05, 0) is 70.9 Å². The van der Waals surface area contributed by atoms with E-state index >= 15 is 0 Å². The van der Waals surface area contributed by atoms with E-state index in [1.54, 1.807) is 0 Å². The highest BCUT2D eigenvalue weighted by atomic mass is 35.7. The summed E-state index contributed by atoms with van der Waals surface area (Å²) in [7, 11) is 3.24. The second kappa shape index (κ2) is 13.7. The maximum Gasteiger partial charge on any atom is 0.199 e. The Balaban J connectivity index is 0.000000771. The zero-order valence-corrected chi connectivity index (χ0v) is 23.0. The smallest absolute Gasteiger partial charge is 0.199 e. The van der Waals surface area contributed by atoms with Crippen molar-refractivity contribution in [1.82, 2.24) is 0 Å². The molecule has 39 heavy (non-hydrogen) atoms. The molecule has 2 aliphatic rings. The lowest BCUT2D eigenvalue weighted by Crippen LogP contribution is -2.68. The van der Waals surface area contributed by atoms with Gasteiger partial charge in [0.25, 0.3) is 0 Å². The van der Waals surface area contributed by atoms with Gasteiger partial charge in [0.2, 0.25) is 0 Å². The number of allylic oxidation sites excluding steroid dienone is 11. The molecule has 2 aromatic rings. The van der Waals surface area contributed by atoms with Crippen LogP contribution >= 0.6 is 0 Å². The van der Waals surface area contributed by atoms with Crippen LogP contribution in [0.2, 0.25) is 0 Å². The fraction of sp³-hybridized carbons (Fsp3) is 0.129. The van der Waals surface area contributed by atoms with Gasteiger partial charge < -0.3 is 9.64 Å². The standard InChI is InChI=1S/C31H31N2O.ClHO4/c1-32(2)28-16-10-24(11-17-28)14-20-30-22-27(26-8-6-5-7-9-26)23-31(34-30)21-15-25-12-18-29(19-13-25)33(3)4;2-1(3,4)5/h5-23H,1-4H3;(H,2,3,4,5)/q+1;/p-1. The topological polar surface area (TPSA) is 108 Å². The SMILES string of the molecule is CN(C)c1ccc(/C=C/C2=CC(c3ccccc3)=CC(=CC=C3C=CC(=[N+](C)C)C=C3)O2)cc1.[O-][Cl+3]([O-])([O-])[O-]. The number of halogens is 1. The first-order chi connectivity index (χ1) is 18.5. The van der Waals surface area contributed by atoms with Gasteiger partial charge in [-0.15, -0.1) is 10.2 Å². The fourth-order valence-electron chi connectivity index (χ4n) is 3.63. The summed E-state index contributed by atoms with van der Waals surface area (Å²) in [6, 6.07) is 18.9. The van der Waals surface area contributed by atoms with Crippen molar-refractivity contribution >= 4 is 23.0 Å². The summed E-state index contributed by atoms with van der Waals surface area (Å²) in [5, 5.41) is 0.